The van der Waals surface area contributed by atoms with E-state index < -0.39 is 5.60 Å². The van der Waals surface area contributed by atoms with E-state index in [1.807, 2.05) is 61.9 Å². The second kappa shape index (κ2) is 9.33. The minimum absolute atomic E-state index is 0.104. The number of ether oxygens (including phenoxy) is 1. The molecule has 9 nitrogen and oxygen atoms in total. The molecule has 5 rings (SSSR count). The second-order valence-corrected chi connectivity index (χ2v) is 10.6. The Hall–Kier alpha value is -3.40. The van der Waals surface area contributed by atoms with Crippen molar-refractivity contribution in [2.24, 2.45) is 0 Å². The summed E-state index contributed by atoms with van der Waals surface area (Å²) < 4.78 is 10.2. The molecule has 0 radical (unpaired) electrons. The number of carbonyl (C=O) groups excluding carboxylic acids is 1. The zero-order chi connectivity index (χ0) is 24.6. The molecule has 0 saturated carbocycles. The Kier molecular flexibility index (Phi) is 6.22. The molecule has 1 atom stereocenters. The predicted octanol–water partition coefficient (Wildman–Crippen LogP) is 5.54. The topological polar surface area (TPSA) is 89.6 Å². The molecule has 0 spiro atoms. The number of imidazole rings is 1. The lowest BCUT2D eigenvalue weighted by molar-refractivity contribution is 0.0197. The monoisotopic (exact) mass is 537 g/mol. The highest BCUT2D eigenvalue weighted by Crippen LogP contribution is 2.31. The molecule has 4 aromatic rings. The number of anilines is 2. The molecule has 1 amide bonds. The summed E-state index contributed by atoms with van der Waals surface area (Å²) in [5, 5.41) is 7.98. The van der Waals surface area contributed by atoms with Crippen molar-refractivity contribution < 1.29 is 9.53 Å². The predicted molar refractivity (Wildman–Crippen MR) is 137 cm³/mol. The fourth-order valence-electron chi connectivity index (χ4n) is 4.24. The van der Waals surface area contributed by atoms with Gasteiger partial charge in [0, 0.05) is 48.8 Å². The first-order valence-electron chi connectivity index (χ1n) is 11.6. The van der Waals surface area contributed by atoms with E-state index in [-0.39, 0.29) is 12.0 Å². The summed E-state index contributed by atoms with van der Waals surface area (Å²) in [6, 6.07) is 10.1. The fraction of sp³-hybridized carbons (Fsp3) is 0.360. The van der Waals surface area contributed by atoms with Crippen molar-refractivity contribution in [1.29, 1.82) is 0 Å². The third-order valence-corrected chi connectivity index (χ3v) is 6.44. The van der Waals surface area contributed by atoms with E-state index in [1.165, 1.54) is 0 Å². The number of nitrogens with zero attached hydrogens (tertiary/aromatic N) is 6. The van der Waals surface area contributed by atoms with Gasteiger partial charge in [0.2, 0.25) is 0 Å². The molecule has 1 N–H and O–H groups in total. The maximum absolute atomic E-state index is 12.7. The van der Waals surface area contributed by atoms with Crippen LogP contribution < -0.4 is 5.32 Å². The summed E-state index contributed by atoms with van der Waals surface area (Å²) in [7, 11) is 0. The van der Waals surface area contributed by atoms with E-state index in [4.69, 9.17) is 9.72 Å². The van der Waals surface area contributed by atoms with Gasteiger partial charge in [0.1, 0.15) is 11.4 Å². The van der Waals surface area contributed by atoms with Gasteiger partial charge in [0.05, 0.1) is 22.7 Å². The van der Waals surface area contributed by atoms with Gasteiger partial charge in [-0.3, -0.25) is 0 Å². The largest absolute Gasteiger partial charge is 0.444 e. The van der Waals surface area contributed by atoms with E-state index in [0.717, 1.165) is 45.8 Å². The van der Waals surface area contributed by atoms with Crippen molar-refractivity contribution >= 4 is 39.2 Å². The molecule has 3 aromatic heterocycles. The maximum Gasteiger partial charge on any atom is 0.410 e. The quantitative estimate of drug-likeness (QED) is 0.367. The first-order chi connectivity index (χ1) is 16.8. The van der Waals surface area contributed by atoms with Crippen LogP contribution in [0.15, 0.2) is 59.7 Å². The molecule has 0 bridgehead atoms. The van der Waals surface area contributed by atoms with E-state index in [9.17, 15) is 4.79 Å². The van der Waals surface area contributed by atoms with Crippen molar-refractivity contribution in [2.75, 3.05) is 18.4 Å². The molecular formula is C25H28BrN7O2. The summed E-state index contributed by atoms with van der Waals surface area (Å²) in [5.41, 5.74) is 3.09. The molecule has 1 aliphatic rings. The fourth-order valence-corrected chi connectivity index (χ4v) is 4.59. The van der Waals surface area contributed by atoms with Gasteiger partial charge in [0.25, 0.3) is 0 Å². The number of amides is 1. The van der Waals surface area contributed by atoms with Crippen molar-refractivity contribution in [2.45, 2.75) is 45.1 Å². The average Bonchev–Trinajstić information content (AvgIpc) is 3.49. The van der Waals surface area contributed by atoms with E-state index in [2.05, 4.69) is 31.3 Å². The zero-order valence-electron chi connectivity index (χ0n) is 20.0. The maximum atomic E-state index is 12.7. The highest BCUT2D eigenvalue weighted by Gasteiger charge is 2.29. The highest BCUT2D eigenvalue weighted by atomic mass is 79.9. The SMILES string of the molecule is CC(C)(C)OC(=O)N1CCCC(c2cc(Nc3ccc(-n4ccnc4)cc3)n3ncc(Br)c3n2)C1. The normalized spacial score (nSPS) is 16.5. The molecule has 1 saturated heterocycles. The van der Waals surface area contributed by atoms with Crippen LogP contribution in [0.1, 0.15) is 45.2 Å². The minimum Gasteiger partial charge on any atom is -0.444 e. The van der Waals surface area contributed by atoms with Crippen LogP contribution >= 0.6 is 15.9 Å². The van der Waals surface area contributed by atoms with Gasteiger partial charge in [0.15, 0.2) is 5.65 Å². The Morgan fingerprint density at radius 3 is 2.74 bits per heavy atom. The molecular weight excluding hydrogens is 510 g/mol. The Morgan fingerprint density at radius 2 is 2.03 bits per heavy atom. The van der Waals surface area contributed by atoms with Crippen LogP contribution in [0, 0.1) is 0 Å². The van der Waals surface area contributed by atoms with Crippen molar-refractivity contribution in [1.82, 2.24) is 29.0 Å². The third kappa shape index (κ3) is 5.17. The lowest BCUT2D eigenvalue weighted by Crippen LogP contribution is -2.42. The highest BCUT2D eigenvalue weighted by molar-refractivity contribution is 9.10. The summed E-state index contributed by atoms with van der Waals surface area (Å²) >= 11 is 3.58. The van der Waals surface area contributed by atoms with Crippen molar-refractivity contribution in [3.8, 4) is 5.69 Å². The Morgan fingerprint density at radius 1 is 1.23 bits per heavy atom. The summed E-state index contributed by atoms with van der Waals surface area (Å²) in [5.74, 6) is 0.910. The van der Waals surface area contributed by atoms with Crippen LogP contribution in [0.3, 0.4) is 0 Å². The van der Waals surface area contributed by atoms with Gasteiger partial charge < -0.3 is 19.5 Å². The molecule has 0 aliphatic carbocycles. The lowest BCUT2D eigenvalue weighted by atomic mass is 9.94. The number of benzene rings is 1. The molecule has 1 fully saturated rings. The Bertz CT molecular complexity index is 1330. The Labute approximate surface area is 212 Å². The number of likely N-dealkylation sites (tertiary alicyclic amines) is 1. The smallest absolute Gasteiger partial charge is 0.410 e. The second-order valence-electron chi connectivity index (χ2n) is 9.70. The van der Waals surface area contributed by atoms with Crippen molar-refractivity contribution in [3.05, 3.63) is 65.4 Å². The number of fused-ring (bicyclic) bond motifs is 1. The van der Waals surface area contributed by atoms with Crippen LogP contribution in [0.25, 0.3) is 11.3 Å². The molecule has 1 aliphatic heterocycles. The van der Waals surface area contributed by atoms with E-state index in [1.54, 1.807) is 28.1 Å². The number of rotatable bonds is 4. The molecule has 35 heavy (non-hydrogen) atoms. The van der Waals surface area contributed by atoms with Crippen molar-refractivity contribution in [3.63, 3.8) is 0 Å². The third-order valence-electron chi connectivity index (χ3n) is 5.88. The number of hydrogen-bond acceptors (Lipinski definition) is 6. The van der Waals surface area contributed by atoms with Gasteiger partial charge in [-0.15, -0.1) is 0 Å². The summed E-state index contributed by atoms with van der Waals surface area (Å²) in [6.45, 7) is 6.93. The molecule has 1 aromatic carbocycles. The summed E-state index contributed by atoms with van der Waals surface area (Å²) in [6.07, 6.45) is 8.76. The summed E-state index contributed by atoms with van der Waals surface area (Å²) in [4.78, 5) is 23.5. The first-order valence-corrected chi connectivity index (χ1v) is 12.4. The number of carbonyl (C=O) groups is 1. The average molecular weight is 538 g/mol. The molecule has 4 heterocycles. The minimum atomic E-state index is -0.520. The lowest BCUT2D eigenvalue weighted by Gasteiger charge is -2.34. The van der Waals surface area contributed by atoms with E-state index in [0.29, 0.717) is 13.1 Å². The number of piperidine rings is 1. The molecule has 10 heteroatoms. The number of halogens is 1. The van der Waals surface area contributed by atoms with Crippen LogP contribution in [-0.4, -0.2) is 53.8 Å². The molecule has 182 valence electrons. The molecule has 1 unspecified atom stereocenters. The van der Waals surface area contributed by atoms with Gasteiger partial charge >= 0.3 is 6.09 Å². The van der Waals surface area contributed by atoms with Crippen LogP contribution in [0.2, 0.25) is 0 Å². The van der Waals surface area contributed by atoms with Gasteiger partial charge in [-0.25, -0.2) is 14.8 Å². The number of nitrogens with one attached hydrogen (secondary N) is 1. The Balaban J connectivity index is 1.41. The van der Waals surface area contributed by atoms with Crippen LogP contribution in [0.5, 0.6) is 0 Å². The van der Waals surface area contributed by atoms with Gasteiger partial charge in [-0.05, 0) is 73.8 Å². The van der Waals surface area contributed by atoms with Crippen LogP contribution in [-0.2, 0) is 4.74 Å². The van der Waals surface area contributed by atoms with Gasteiger partial charge in [-0.2, -0.15) is 9.61 Å². The number of hydrogen-bond donors (Lipinski definition) is 1. The number of aromatic nitrogens is 5. The zero-order valence-corrected chi connectivity index (χ0v) is 21.6. The first kappa shape index (κ1) is 23.3. The van der Waals surface area contributed by atoms with Gasteiger partial charge in [-0.1, -0.05) is 0 Å². The van der Waals surface area contributed by atoms with E-state index >= 15 is 0 Å². The van der Waals surface area contributed by atoms with Crippen LogP contribution in [0.4, 0.5) is 16.3 Å². The standard InChI is InChI=1S/C25H28BrN7O2/c1-25(2,3)35-24(34)31-11-4-5-17(15-31)21-13-22(33-23(30-21)20(26)14-28-33)29-18-6-8-19(9-7-18)32-12-10-27-16-32/h6-10,12-14,16-17,29H,4-5,11,15H2,1-3H3.